The normalized spacial score (nSPS) is 11.2. The van der Waals surface area contributed by atoms with Gasteiger partial charge in [0.1, 0.15) is 5.75 Å². The van der Waals surface area contributed by atoms with Crippen molar-refractivity contribution in [3.8, 4) is 11.8 Å². The Kier molecular flexibility index (Phi) is 6.32. The zero-order valence-electron chi connectivity index (χ0n) is 11.3. The van der Waals surface area contributed by atoms with E-state index in [0.717, 1.165) is 6.07 Å². The van der Waals surface area contributed by atoms with E-state index in [1.165, 1.54) is 6.07 Å². The molecule has 0 bridgehead atoms. The molecule has 0 saturated carbocycles. The molecule has 0 amide bonds. The minimum absolute atomic E-state index is 0.158. The third-order valence-electron chi connectivity index (χ3n) is 2.67. The molecule has 1 rings (SSSR count). The van der Waals surface area contributed by atoms with Crippen molar-refractivity contribution in [1.82, 2.24) is 5.32 Å². The largest absolute Gasteiger partial charge is 0.493 e. The van der Waals surface area contributed by atoms with Crippen LogP contribution in [0.4, 0.5) is 13.2 Å². The van der Waals surface area contributed by atoms with E-state index in [4.69, 9.17) is 10.00 Å². The highest BCUT2D eigenvalue weighted by Gasteiger charge is 2.34. The molecule has 0 aliphatic rings. The van der Waals surface area contributed by atoms with E-state index in [-0.39, 0.29) is 12.4 Å². The van der Waals surface area contributed by atoms with Crippen molar-refractivity contribution in [2.75, 3.05) is 13.7 Å². The van der Waals surface area contributed by atoms with Crippen LogP contribution in [0, 0.1) is 11.3 Å². The van der Waals surface area contributed by atoms with E-state index in [2.05, 4.69) is 5.32 Å². The van der Waals surface area contributed by atoms with E-state index in [9.17, 15) is 13.2 Å². The summed E-state index contributed by atoms with van der Waals surface area (Å²) in [7, 11) is 1.67. The predicted molar refractivity (Wildman–Crippen MR) is 69.2 cm³/mol. The van der Waals surface area contributed by atoms with Gasteiger partial charge in [0.05, 0.1) is 18.2 Å². The molecule has 110 valence electrons. The summed E-state index contributed by atoms with van der Waals surface area (Å²) in [6.07, 6.45) is -2.87. The van der Waals surface area contributed by atoms with Crippen LogP contribution in [-0.2, 0) is 12.7 Å². The summed E-state index contributed by atoms with van der Waals surface area (Å²) in [6.45, 7) is 0.543. The number of ether oxygens (including phenoxy) is 1. The third kappa shape index (κ3) is 5.10. The van der Waals surface area contributed by atoms with Gasteiger partial charge in [0.2, 0.25) is 0 Å². The molecule has 0 fully saturated rings. The van der Waals surface area contributed by atoms with Crippen LogP contribution in [0.5, 0.6) is 5.75 Å². The number of halogens is 3. The second-order valence-corrected chi connectivity index (χ2v) is 4.32. The lowest BCUT2D eigenvalue weighted by Crippen LogP contribution is -2.12. The Hall–Kier alpha value is -1.74. The van der Waals surface area contributed by atoms with Crippen molar-refractivity contribution in [3.05, 3.63) is 29.3 Å². The highest BCUT2D eigenvalue weighted by molar-refractivity contribution is 5.39. The number of alkyl halides is 3. The van der Waals surface area contributed by atoms with Crippen LogP contribution in [0.2, 0.25) is 0 Å². The van der Waals surface area contributed by atoms with Gasteiger partial charge >= 0.3 is 6.18 Å². The smallest absolute Gasteiger partial charge is 0.419 e. The molecule has 3 nitrogen and oxygen atoms in total. The van der Waals surface area contributed by atoms with Crippen molar-refractivity contribution in [2.45, 2.75) is 32.0 Å². The molecular weight excluding hydrogens is 269 g/mol. The first-order valence-electron chi connectivity index (χ1n) is 6.33. The van der Waals surface area contributed by atoms with Gasteiger partial charge in [-0.25, -0.2) is 0 Å². The topological polar surface area (TPSA) is 45.0 Å². The van der Waals surface area contributed by atoms with Gasteiger partial charge in [0.25, 0.3) is 0 Å². The number of hydrogen-bond donors (Lipinski definition) is 1. The molecule has 1 aromatic carbocycles. The van der Waals surface area contributed by atoms with Gasteiger partial charge < -0.3 is 10.1 Å². The fourth-order valence-corrected chi connectivity index (χ4v) is 1.73. The van der Waals surface area contributed by atoms with Crippen LogP contribution >= 0.6 is 0 Å². The maximum Gasteiger partial charge on any atom is 0.419 e. The summed E-state index contributed by atoms with van der Waals surface area (Å²) in [6, 6.07) is 6.03. The molecule has 1 aromatic rings. The second-order valence-electron chi connectivity index (χ2n) is 4.32. The van der Waals surface area contributed by atoms with E-state index >= 15 is 0 Å². The second kappa shape index (κ2) is 7.75. The molecule has 0 aromatic heterocycles. The van der Waals surface area contributed by atoms with Crippen LogP contribution in [0.25, 0.3) is 0 Å². The van der Waals surface area contributed by atoms with Crippen molar-refractivity contribution >= 4 is 0 Å². The van der Waals surface area contributed by atoms with Crippen LogP contribution < -0.4 is 10.1 Å². The number of hydrogen-bond acceptors (Lipinski definition) is 3. The number of nitrogens with one attached hydrogen (secondary N) is 1. The van der Waals surface area contributed by atoms with E-state index in [1.807, 2.05) is 6.07 Å². The van der Waals surface area contributed by atoms with Gasteiger partial charge in [0.15, 0.2) is 0 Å². The quantitative estimate of drug-likeness (QED) is 0.780. The Morgan fingerprint density at radius 2 is 2.05 bits per heavy atom. The average Bonchev–Trinajstić information content (AvgIpc) is 2.39. The zero-order chi connectivity index (χ0) is 15.0. The lowest BCUT2D eigenvalue weighted by molar-refractivity contribution is -0.139. The van der Waals surface area contributed by atoms with Crippen LogP contribution in [-0.4, -0.2) is 13.7 Å². The van der Waals surface area contributed by atoms with Crippen molar-refractivity contribution in [3.63, 3.8) is 0 Å². The summed E-state index contributed by atoms with van der Waals surface area (Å²) < 4.78 is 44.1. The van der Waals surface area contributed by atoms with Crippen LogP contribution in [0.15, 0.2) is 18.2 Å². The van der Waals surface area contributed by atoms with Gasteiger partial charge in [-0.05, 0) is 37.6 Å². The Morgan fingerprint density at radius 1 is 1.30 bits per heavy atom. The SMILES string of the molecule is CNCc1ccc(OCCCCC#N)c(C(F)(F)F)c1. The van der Waals surface area contributed by atoms with Gasteiger partial charge in [-0.1, -0.05) is 6.07 Å². The lowest BCUT2D eigenvalue weighted by Gasteiger charge is -2.15. The molecule has 0 atom stereocenters. The fraction of sp³-hybridized carbons (Fsp3) is 0.500. The van der Waals surface area contributed by atoms with E-state index < -0.39 is 11.7 Å². The monoisotopic (exact) mass is 286 g/mol. The maximum atomic E-state index is 13.0. The summed E-state index contributed by atoms with van der Waals surface area (Å²) in [5, 5.41) is 11.2. The molecule has 0 saturated heterocycles. The number of nitrogens with zero attached hydrogens (tertiary/aromatic N) is 1. The highest BCUT2D eigenvalue weighted by atomic mass is 19.4. The Labute approximate surface area is 116 Å². The first-order chi connectivity index (χ1) is 9.49. The number of nitriles is 1. The first-order valence-corrected chi connectivity index (χ1v) is 6.33. The minimum atomic E-state index is -4.44. The number of unbranched alkanes of at least 4 members (excludes halogenated alkanes) is 2. The van der Waals surface area contributed by atoms with E-state index in [0.29, 0.717) is 31.4 Å². The van der Waals surface area contributed by atoms with Crippen molar-refractivity contribution in [1.29, 1.82) is 5.26 Å². The number of benzene rings is 1. The molecule has 20 heavy (non-hydrogen) atoms. The predicted octanol–water partition coefficient (Wildman–Crippen LogP) is 3.50. The number of rotatable bonds is 7. The van der Waals surface area contributed by atoms with Crippen molar-refractivity contribution in [2.24, 2.45) is 0 Å². The molecule has 0 unspecified atom stereocenters. The summed E-state index contributed by atoms with van der Waals surface area (Å²) in [5.41, 5.74) is -0.206. The summed E-state index contributed by atoms with van der Waals surface area (Å²) in [5.74, 6) is -0.158. The Morgan fingerprint density at radius 3 is 2.65 bits per heavy atom. The van der Waals surface area contributed by atoms with Gasteiger partial charge in [-0.15, -0.1) is 0 Å². The fourth-order valence-electron chi connectivity index (χ4n) is 1.73. The minimum Gasteiger partial charge on any atom is -0.493 e. The van der Waals surface area contributed by atoms with Crippen LogP contribution in [0.1, 0.15) is 30.4 Å². The molecule has 0 aliphatic heterocycles. The zero-order valence-corrected chi connectivity index (χ0v) is 11.3. The van der Waals surface area contributed by atoms with Gasteiger partial charge in [-0.3, -0.25) is 0 Å². The Balaban J connectivity index is 2.76. The summed E-state index contributed by atoms with van der Waals surface area (Å²) in [4.78, 5) is 0. The van der Waals surface area contributed by atoms with Gasteiger partial charge in [0, 0.05) is 13.0 Å². The Bertz CT molecular complexity index is 466. The van der Waals surface area contributed by atoms with E-state index in [1.54, 1.807) is 13.1 Å². The molecule has 0 heterocycles. The first kappa shape index (κ1) is 16.3. The average molecular weight is 286 g/mol. The highest BCUT2D eigenvalue weighted by Crippen LogP contribution is 2.36. The molecular formula is C14H17F3N2O. The molecule has 1 N–H and O–H groups in total. The third-order valence-corrected chi connectivity index (χ3v) is 2.67. The molecule has 6 heteroatoms. The van der Waals surface area contributed by atoms with Gasteiger partial charge in [-0.2, -0.15) is 18.4 Å². The maximum absolute atomic E-state index is 13.0. The lowest BCUT2D eigenvalue weighted by atomic mass is 10.1. The molecule has 0 radical (unpaired) electrons. The van der Waals surface area contributed by atoms with Crippen molar-refractivity contribution < 1.29 is 17.9 Å². The summed E-state index contributed by atoms with van der Waals surface area (Å²) >= 11 is 0. The molecule has 0 aliphatic carbocycles. The van der Waals surface area contributed by atoms with Crippen LogP contribution in [0.3, 0.4) is 0 Å². The molecule has 0 spiro atoms. The standard InChI is InChI=1S/C14H17F3N2O/c1-19-10-11-5-6-13(12(9-11)14(15,16)17)20-8-4-2-3-7-18/h5-6,9,19H,2-4,8,10H2,1H3.